The molecule has 2 N–H and O–H groups in total. The summed E-state index contributed by atoms with van der Waals surface area (Å²) in [6, 6.07) is 8.34. The Balaban J connectivity index is 2.50. The summed E-state index contributed by atoms with van der Waals surface area (Å²) in [7, 11) is 1.65. The van der Waals surface area contributed by atoms with Crippen molar-refractivity contribution in [2.24, 2.45) is 0 Å². The standard InChI is InChI=1S/C16H26N2O2/c1-4-11-18-13(2)14-8-5-6-9-15(14)20-12-7-10-16(19)17-3/h5-6,8-9,13,18H,4,7,10-12H2,1-3H3,(H,17,19). The van der Waals surface area contributed by atoms with E-state index in [-0.39, 0.29) is 11.9 Å². The summed E-state index contributed by atoms with van der Waals surface area (Å²) in [6.07, 6.45) is 2.34. The molecule has 1 rings (SSSR count). The molecule has 0 bridgehead atoms. The molecule has 1 amide bonds. The van der Waals surface area contributed by atoms with Crippen LogP contribution >= 0.6 is 0 Å². The number of hydrogen-bond donors (Lipinski definition) is 2. The number of benzene rings is 1. The second-order valence-corrected chi connectivity index (χ2v) is 4.84. The molecule has 0 saturated heterocycles. The van der Waals surface area contributed by atoms with Crippen LogP contribution in [0.2, 0.25) is 0 Å². The van der Waals surface area contributed by atoms with Crippen molar-refractivity contribution in [2.75, 3.05) is 20.2 Å². The maximum absolute atomic E-state index is 11.1. The van der Waals surface area contributed by atoms with E-state index in [9.17, 15) is 4.79 Å². The first kappa shape index (κ1) is 16.5. The van der Waals surface area contributed by atoms with Gasteiger partial charge in [0, 0.05) is 25.1 Å². The number of carbonyl (C=O) groups excluding carboxylic acids is 1. The molecule has 1 unspecified atom stereocenters. The minimum atomic E-state index is 0.0554. The zero-order valence-corrected chi connectivity index (χ0v) is 12.7. The van der Waals surface area contributed by atoms with Gasteiger partial charge in [-0.2, -0.15) is 0 Å². The second kappa shape index (κ2) is 9.37. The normalized spacial score (nSPS) is 11.9. The summed E-state index contributed by atoms with van der Waals surface area (Å²) in [6.45, 7) is 5.85. The highest BCUT2D eigenvalue weighted by atomic mass is 16.5. The first-order valence-corrected chi connectivity index (χ1v) is 7.34. The van der Waals surface area contributed by atoms with E-state index in [0.717, 1.165) is 25.1 Å². The van der Waals surface area contributed by atoms with Gasteiger partial charge in [-0.25, -0.2) is 0 Å². The number of rotatable bonds is 9. The predicted octanol–water partition coefficient (Wildman–Crippen LogP) is 2.65. The van der Waals surface area contributed by atoms with Crippen molar-refractivity contribution >= 4 is 5.91 Å². The molecule has 0 heterocycles. The zero-order chi connectivity index (χ0) is 14.8. The van der Waals surface area contributed by atoms with E-state index < -0.39 is 0 Å². The molecule has 0 radical (unpaired) electrons. The van der Waals surface area contributed by atoms with Crippen LogP contribution in [0.25, 0.3) is 0 Å². The van der Waals surface area contributed by atoms with E-state index in [1.165, 1.54) is 5.56 Å². The van der Waals surface area contributed by atoms with Crippen molar-refractivity contribution in [2.45, 2.75) is 39.2 Å². The maximum atomic E-state index is 11.1. The summed E-state index contributed by atoms with van der Waals surface area (Å²) in [5, 5.41) is 6.07. The van der Waals surface area contributed by atoms with Gasteiger partial charge in [-0.15, -0.1) is 0 Å². The van der Waals surface area contributed by atoms with Crippen LogP contribution in [0.4, 0.5) is 0 Å². The van der Waals surface area contributed by atoms with Crippen LogP contribution in [0.1, 0.15) is 44.7 Å². The number of carbonyl (C=O) groups is 1. The molecule has 1 atom stereocenters. The fourth-order valence-electron chi connectivity index (χ4n) is 1.98. The molecular formula is C16H26N2O2. The average molecular weight is 278 g/mol. The number of ether oxygens (including phenoxy) is 1. The van der Waals surface area contributed by atoms with Crippen molar-refractivity contribution in [1.82, 2.24) is 10.6 Å². The fraction of sp³-hybridized carbons (Fsp3) is 0.562. The first-order valence-electron chi connectivity index (χ1n) is 7.34. The van der Waals surface area contributed by atoms with Gasteiger partial charge in [0.05, 0.1) is 6.61 Å². The third kappa shape index (κ3) is 5.61. The van der Waals surface area contributed by atoms with Gasteiger partial charge in [0.25, 0.3) is 0 Å². The topological polar surface area (TPSA) is 50.4 Å². The smallest absolute Gasteiger partial charge is 0.219 e. The number of hydrogen-bond acceptors (Lipinski definition) is 3. The Labute approximate surface area is 121 Å². The predicted molar refractivity (Wildman–Crippen MR) is 81.9 cm³/mol. The average Bonchev–Trinajstić information content (AvgIpc) is 2.49. The van der Waals surface area contributed by atoms with E-state index in [1.54, 1.807) is 7.05 Å². The maximum Gasteiger partial charge on any atom is 0.219 e. The molecule has 0 aliphatic heterocycles. The molecule has 4 nitrogen and oxygen atoms in total. The van der Waals surface area contributed by atoms with Crippen LogP contribution in [0, 0.1) is 0 Å². The summed E-state index contributed by atoms with van der Waals surface area (Å²) in [4.78, 5) is 11.1. The lowest BCUT2D eigenvalue weighted by atomic mass is 10.1. The minimum absolute atomic E-state index is 0.0554. The van der Waals surface area contributed by atoms with Gasteiger partial charge in [-0.1, -0.05) is 25.1 Å². The highest BCUT2D eigenvalue weighted by Crippen LogP contribution is 2.24. The molecular weight excluding hydrogens is 252 g/mol. The van der Waals surface area contributed by atoms with Gasteiger partial charge < -0.3 is 15.4 Å². The van der Waals surface area contributed by atoms with E-state index >= 15 is 0 Å². The third-order valence-corrected chi connectivity index (χ3v) is 3.17. The van der Waals surface area contributed by atoms with Crippen LogP contribution in [0.15, 0.2) is 24.3 Å². The summed E-state index contributed by atoms with van der Waals surface area (Å²) < 4.78 is 5.81. The van der Waals surface area contributed by atoms with Gasteiger partial charge in [0.15, 0.2) is 0 Å². The Morgan fingerprint density at radius 3 is 2.80 bits per heavy atom. The Kier molecular flexibility index (Phi) is 7.73. The molecule has 0 aliphatic rings. The molecule has 1 aromatic carbocycles. The molecule has 0 aliphatic carbocycles. The molecule has 0 saturated carbocycles. The zero-order valence-electron chi connectivity index (χ0n) is 12.7. The molecule has 20 heavy (non-hydrogen) atoms. The highest BCUT2D eigenvalue weighted by Gasteiger charge is 2.10. The van der Waals surface area contributed by atoms with Crippen molar-refractivity contribution in [3.8, 4) is 5.75 Å². The van der Waals surface area contributed by atoms with E-state index in [4.69, 9.17) is 4.74 Å². The first-order chi connectivity index (χ1) is 9.69. The lowest BCUT2D eigenvalue weighted by molar-refractivity contribution is -0.120. The van der Waals surface area contributed by atoms with Gasteiger partial charge in [-0.3, -0.25) is 4.79 Å². The summed E-state index contributed by atoms with van der Waals surface area (Å²) in [5.41, 5.74) is 1.17. The monoisotopic (exact) mass is 278 g/mol. The minimum Gasteiger partial charge on any atom is -0.493 e. The van der Waals surface area contributed by atoms with Crippen LogP contribution in [-0.4, -0.2) is 26.1 Å². The largest absolute Gasteiger partial charge is 0.493 e. The molecule has 0 fully saturated rings. The van der Waals surface area contributed by atoms with Gasteiger partial charge in [-0.05, 0) is 32.4 Å². The van der Waals surface area contributed by atoms with Gasteiger partial charge in [0.2, 0.25) is 5.91 Å². The van der Waals surface area contributed by atoms with Gasteiger partial charge >= 0.3 is 0 Å². The third-order valence-electron chi connectivity index (χ3n) is 3.17. The number of nitrogens with one attached hydrogen (secondary N) is 2. The lowest BCUT2D eigenvalue weighted by Crippen LogP contribution is -2.20. The van der Waals surface area contributed by atoms with E-state index in [0.29, 0.717) is 13.0 Å². The molecule has 4 heteroatoms. The lowest BCUT2D eigenvalue weighted by Gasteiger charge is -2.18. The Morgan fingerprint density at radius 2 is 2.10 bits per heavy atom. The number of amides is 1. The quantitative estimate of drug-likeness (QED) is 0.683. The fourth-order valence-corrected chi connectivity index (χ4v) is 1.98. The second-order valence-electron chi connectivity index (χ2n) is 4.84. The van der Waals surface area contributed by atoms with Crippen molar-refractivity contribution in [3.63, 3.8) is 0 Å². The Morgan fingerprint density at radius 1 is 1.35 bits per heavy atom. The summed E-state index contributed by atoms with van der Waals surface area (Å²) >= 11 is 0. The van der Waals surface area contributed by atoms with Crippen molar-refractivity contribution in [1.29, 1.82) is 0 Å². The Hall–Kier alpha value is -1.55. The van der Waals surface area contributed by atoms with Crippen molar-refractivity contribution < 1.29 is 9.53 Å². The van der Waals surface area contributed by atoms with E-state index in [2.05, 4.69) is 30.5 Å². The SMILES string of the molecule is CCCNC(C)c1ccccc1OCCCC(=O)NC. The van der Waals surface area contributed by atoms with Gasteiger partial charge in [0.1, 0.15) is 5.75 Å². The molecule has 1 aromatic rings. The summed E-state index contributed by atoms with van der Waals surface area (Å²) in [5.74, 6) is 0.959. The van der Waals surface area contributed by atoms with Crippen LogP contribution in [0.5, 0.6) is 5.75 Å². The molecule has 112 valence electrons. The molecule has 0 spiro atoms. The van der Waals surface area contributed by atoms with Crippen LogP contribution in [0.3, 0.4) is 0 Å². The van der Waals surface area contributed by atoms with E-state index in [1.807, 2.05) is 18.2 Å². The van der Waals surface area contributed by atoms with Crippen molar-refractivity contribution in [3.05, 3.63) is 29.8 Å². The van der Waals surface area contributed by atoms with Crippen LogP contribution < -0.4 is 15.4 Å². The highest BCUT2D eigenvalue weighted by molar-refractivity contribution is 5.75. The number of para-hydroxylation sites is 1. The molecule has 0 aromatic heterocycles. The van der Waals surface area contributed by atoms with Crippen LogP contribution in [-0.2, 0) is 4.79 Å². The Bertz CT molecular complexity index is 407.